The summed E-state index contributed by atoms with van der Waals surface area (Å²) in [7, 11) is 8.27. The van der Waals surface area contributed by atoms with E-state index in [1.54, 1.807) is 11.3 Å². The van der Waals surface area contributed by atoms with Crippen LogP contribution in [0.25, 0.3) is 0 Å². The van der Waals surface area contributed by atoms with E-state index < -0.39 is 0 Å². The van der Waals surface area contributed by atoms with Crippen LogP contribution in [0.3, 0.4) is 0 Å². The predicted octanol–water partition coefficient (Wildman–Crippen LogP) is 4.06. The molecule has 0 radical (unpaired) electrons. The van der Waals surface area contributed by atoms with Crippen molar-refractivity contribution < 1.29 is 0 Å². The minimum atomic E-state index is 0. The van der Waals surface area contributed by atoms with E-state index in [1.807, 2.05) is 19.3 Å². The molecule has 0 aliphatic rings. The standard InChI is InChI=1S/C18H28ClN5S.HI/c1-6-20-18(24(5)13-15-10-14(19)12-23(15)4)21-11-16(22(2)3)17-8-7-9-25-17;/h7-10,12,16H,6,11,13H2,1-5H3,(H,20,21);1H. The third-order valence-electron chi connectivity index (χ3n) is 4.08. The molecule has 2 aromatic heterocycles. The predicted molar refractivity (Wildman–Crippen MR) is 124 cm³/mol. The average molecular weight is 510 g/mol. The van der Waals surface area contributed by atoms with E-state index in [1.165, 1.54) is 4.88 Å². The van der Waals surface area contributed by atoms with E-state index in [-0.39, 0.29) is 30.0 Å². The molecule has 0 saturated carbocycles. The molecule has 2 rings (SSSR count). The van der Waals surface area contributed by atoms with E-state index in [2.05, 4.69) is 65.3 Å². The lowest BCUT2D eigenvalue weighted by Crippen LogP contribution is -2.39. The van der Waals surface area contributed by atoms with E-state index >= 15 is 0 Å². The van der Waals surface area contributed by atoms with Gasteiger partial charge in [-0.2, -0.15) is 0 Å². The minimum absolute atomic E-state index is 0. The quantitative estimate of drug-likeness (QED) is 0.347. The van der Waals surface area contributed by atoms with Gasteiger partial charge in [-0.3, -0.25) is 4.99 Å². The maximum atomic E-state index is 6.09. The molecule has 0 bridgehead atoms. The first-order valence-electron chi connectivity index (χ1n) is 8.42. The van der Waals surface area contributed by atoms with Gasteiger partial charge in [0.2, 0.25) is 0 Å². The molecule has 0 fully saturated rings. The lowest BCUT2D eigenvalue weighted by molar-refractivity contribution is 0.309. The van der Waals surface area contributed by atoms with Gasteiger partial charge in [-0.25, -0.2) is 0 Å². The van der Waals surface area contributed by atoms with Crippen LogP contribution in [0.15, 0.2) is 34.8 Å². The molecule has 0 spiro atoms. The van der Waals surface area contributed by atoms with Crippen LogP contribution in [0.2, 0.25) is 5.02 Å². The van der Waals surface area contributed by atoms with Crippen molar-refractivity contribution >= 4 is 52.9 Å². The van der Waals surface area contributed by atoms with Gasteiger partial charge in [-0.05, 0) is 38.5 Å². The molecule has 2 aromatic rings. The summed E-state index contributed by atoms with van der Waals surface area (Å²) in [5.74, 6) is 0.906. The Hall–Kier alpha value is -0.770. The molecule has 0 aromatic carbocycles. The number of aliphatic imine (C=N–C) groups is 1. The van der Waals surface area contributed by atoms with Crippen molar-refractivity contribution in [2.75, 3.05) is 34.2 Å². The second kappa shape index (κ2) is 11.2. The Bertz CT molecular complexity index is 684. The Labute approximate surface area is 183 Å². The molecule has 1 unspecified atom stereocenters. The highest BCUT2D eigenvalue weighted by molar-refractivity contribution is 14.0. The lowest BCUT2D eigenvalue weighted by Gasteiger charge is -2.25. The summed E-state index contributed by atoms with van der Waals surface area (Å²) in [5, 5.41) is 6.27. The Morgan fingerprint density at radius 2 is 2.12 bits per heavy atom. The van der Waals surface area contributed by atoms with Crippen molar-refractivity contribution in [3.63, 3.8) is 0 Å². The first-order chi connectivity index (χ1) is 11.9. The van der Waals surface area contributed by atoms with E-state index in [9.17, 15) is 0 Å². The Kier molecular flexibility index (Phi) is 9.99. The molecule has 5 nitrogen and oxygen atoms in total. The van der Waals surface area contributed by atoms with Crippen molar-refractivity contribution in [2.24, 2.45) is 12.0 Å². The number of nitrogens with one attached hydrogen (secondary N) is 1. The molecule has 0 saturated heterocycles. The van der Waals surface area contributed by atoms with Crippen molar-refractivity contribution in [1.29, 1.82) is 0 Å². The van der Waals surface area contributed by atoms with Crippen LogP contribution in [0, 0.1) is 0 Å². The zero-order valence-corrected chi connectivity index (χ0v) is 20.0. The normalized spacial score (nSPS) is 12.8. The van der Waals surface area contributed by atoms with Crippen LogP contribution in [0.4, 0.5) is 0 Å². The summed E-state index contributed by atoms with van der Waals surface area (Å²) in [6.45, 7) is 4.39. The smallest absolute Gasteiger partial charge is 0.194 e. The van der Waals surface area contributed by atoms with Crippen molar-refractivity contribution in [3.8, 4) is 0 Å². The van der Waals surface area contributed by atoms with Gasteiger partial charge in [-0.15, -0.1) is 35.3 Å². The fourth-order valence-electron chi connectivity index (χ4n) is 2.67. The minimum Gasteiger partial charge on any atom is -0.357 e. The summed E-state index contributed by atoms with van der Waals surface area (Å²) >= 11 is 7.87. The fraction of sp³-hybridized carbons (Fsp3) is 0.500. The number of nitrogens with zero attached hydrogens (tertiary/aromatic N) is 4. The van der Waals surface area contributed by atoms with Gasteiger partial charge in [0.25, 0.3) is 0 Å². The van der Waals surface area contributed by atoms with Crippen LogP contribution in [-0.2, 0) is 13.6 Å². The zero-order chi connectivity index (χ0) is 18.4. The third-order valence-corrected chi connectivity index (χ3v) is 5.26. The Morgan fingerprint density at radius 3 is 2.62 bits per heavy atom. The van der Waals surface area contributed by atoms with Gasteiger partial charge in [-0.1, -0.05) is 17.7 Å². The lowest BCUT2D eigenvalue weighted by atomic mass is 10.2. The molecular weight excluding hydrogens is 481 g/mol. The number of guanidine groups is 1. The molecule has 146 valence electrons. The first kappa shape index (κ1) is 23.3. The topological polar surface area (TPSA) is 35.8 Å². The number of halogens is 2. The van der Waals surface area contributed by atoms with E-state index in [0.29, 0.717) is 6.54 Å². The van der Waals surface area contributed by atoms with Crippen LogP contribution < -0.4 is 5.32 Å². The van der Waals surface area contributed by atoms with Crippen molar-refractivity contribution in [2.45, 2.75) is 19.5 Å². The maximum Gasteiger partial charge on any atom is 0.194 e. The monoisotopic (exact) mass is 509 g/mol. The van der Waals surface area contributed by atoms with E-state index in [4.69, 9.17) is 16.6 Å². The molecule has 1 N–H and O–H groups in total. The Balaban J connectivity index is 0.00000338. The van der Waals surface area contributed by atoms with Crippen LogP contribution in [0.1, 0.15) is 23.5 Å². The van der Waals surface area contributed by atoms with Gasteiger partial charge in [0, 0.05) is 37.4 Å². The number of thiophene rings is 1. The highest BCUT2D eigenvalue weighted by atomic mass is 127. The first-order valence-corrected chi connectivity index (χ1v) is 9.68. The average Bonchev–Trinajstić information content (AvgIpc) is 3.16. The van der Waals surface area contributed by atoms with Gasteiger partial charge >= 0.3 is 0 Å². The third kappa shape index (κ3) is 6.44. The molecule has 8 heteroatoms. The van der Waals surface area contributed by atoms with Gasteiger partial charge < -0.3 is 19.7 Å². The number of likely N-dealkylation sites (N-methyl/N-ethyl adjacent to an activating group) is 1. The summed E-state index contributed by atoms with van der Waals surface area (Å²) in [6, 6.07) is 6.55. The Morgan fingerprint density at radius 1 is 1.38 bits per heavy atom. The van der Waals surface area contributed by atoms with E-state index in [0.717, 1.165) is 29.8 Å². The molecule has 0 amide bonds. The maximum absolute atomic E-state index is 6.09. The summed E-state index contributed by atoms with van der Waals surface area (Å²) in [6.07, 6.45) is 1.92. The van der Waals surface area contributed by atoms with Crippen molar-refractivity contribution in [1.82, 2.24) is 19.7 Å². The van der Waals surface area contributed by atoms with Crippen LogP contribution >= 0.6 is 46.9 Å². The molecule has 0 aliphatic carbocycles. The van der Waals surface area contributed by atoms with Crippen LogP contribution in [-0.4, -0.2) is 54.6 Å². The second-order valence-corrected chi connectivity index (χ2v) is 7.72. The van der Waals surface area contributed by atoms with Crippen molar-refractivity contribution in [3.05, 3.63) is 45.4 Å². The fourth-order valence-corrected chi connectivity index (χ4v) is 3.86. The zero-order valence-electron chi connectivity index (χ0n) is 16.1. The van der Waals surface area contributed by atoms with Gasteiger partial charge in [0.05, 0.1) is 24.2 Å². The molecule has 2 heterocycles. The highest BCUT2D eigenvalue weighted by Crippen LogP contribution is 2.23. The molecular formula is C18H29ClIN5S. The summed E-state index contributed by atoms with van der Waals surface area (Å²) < 4.78 is 2.05. The largest absolute Gasteiger partial charge is 0.357 e. The number of hydrogen-bond acceptors (Lipinski definition) is 3. The molecule has 0 aliphatic heterocycles. The van der Waals surface area contributed by atoms with Gasteiger partial charge in [0.15, 0.2) is 5.96 Å². The highest BCUT2D eigenvalue weighted by Gasteiger charge is 2.16. The van der Waals surface area contributed by atoms with Gasteiger partial charge in [0.1, 0.15) is 0 Å². The summed E-state index contributed by atoms with van der Waals surface area (Å²) in [5.41, 5.74) is 1.15. The molecule has 26 heavy (non-hydrogen) atoms. The number of aryl methyl sites for hydroxylation is 1. The number of aromatic nitrogens is 1. The number of rotatable bonds is 7. The molecule has 1 atom stereocenters. The number of hydrogen-bond donors (Lipinski definition) is 1. The summed E-state index contributed by atoms with van der Waals surface area (Å²) in [4.78, 5) is 10.6. The SMILES string of the molecule is CCNC(=NCC(c1cccs1)N(C)C)N(C)Cc1cc(Cl)cn1C.I. The second-order valence-electron chi connectivity index (χ2n) is 6.31. The van der Waals surface area contributed by atoms with Crippen LogP contribution in [0.5, 0.6) is 0 Å².